The van der Waals surface area contributed by atoms with Gasteiger partial charge in [-0.25, -0.2) is 9.50 Å². The Hall–Kier alpha value is -2.11. The molecule has 1 amide bonds. The third-order valence-electron chi connectivity index (χ3n) is 3.56. The molecule has 2 rings (SSSR count). The summed E-state index contributed by atoms with van der Waals surface area (Å²) in [5.74, 6) is -0.0267. The van der Waals surface area contributed by atoms with Crippen molar-refractivity contribution in [3.05, 3.63) is 33.4 Å². The number of amides is 1. The molecule has 6 nitrogen and oxygen atoms in total. The molecule has 0 aromatic carbocycles. The molecule has 20 heavy (non-hydrogen) atoms. The van der Waals surface area contributed by atoms with Gasteiger partial charge in [0.2, 0.25) is 5.91 Å². The second kappa shape index (κ2) is 5.48. The van der Waals surface area contributed by atoms with E-state index in [1.165, 1.54) is 6.07 Å². The number of nitrogens with zero attached hydrogens (tertiary/aromatic N) is 2. The number of H-pyrrole nitrogens is 1. The predicted octanol–water partition coefficient (Wildman–Crippen LogP) is 1.10. The van der Waals surface area contributed by atoms with Crippen LogP contribution in [0.4, 0.5) is 0 Å². The van der Waals surface area contributed by atoms with Crippen LogP contribution in [0.1, 0.15) is 37.2 Å². The van der Waals surface area contributed by atoms with Crippen molar-refractivity contribution in [1.29, 1.82) is 0 Å². The van der Waals surface area contributed by atoms with Crippen LogP contribution < -0.4 is 10.9 Å². The summed E-state index contributed by atoms with van der Waals surface area (Å²) in [4.78, 5) is 27.7. The summed E-state index contributed by atoms with van der Waals surface area (Å²) in [6, 6.07) is 1.61. The number of rotatable bonds is 4. The first-order valence-electron chi connectivity index (χ1n) is 6.79. The van der Waals surface area contributed by atoms with Gasteiger partial charge >= 0.3 is 0 Å². The summed E-state index contributed by atoms with van der Waals surface area (Å²) in [6.07, 6.45) is 1.16. The largest absolute Gasteiger partial charge is 0.353 e. The van der Waals surface area contributed by atoms with Crippen LogP contribution in [0.5, 0.6) is 0 Å². The molecule has 0 spiro atoms. The van der Waals surface area contributed by atoms with Gasteiger partial charge in [-0.2, -0.15) is 0 Å². The molecule has 0 saturated heterocycles. The normalized spacial score (nSPS) is 12.6. The Balaban J connectivity index is 2.34. The van der Waals surface area contributed by atoms with E-state index in [9.17, 15) is 9.59 Å². The smallest absolute Gasteiger partial charge is 0.266 e. The van der Waals surface area contributed by atoms with E-state index >= 15 is 0 Å². The van der Waals surface area contributed by atoms with Crippen molar-refractivity contribution in [2.45, 2.75) is 46.6 Å². The van der Waals surface area contributed by atoms with Crippen molar-refractivity contribution >= 4 is 11.6 Å². The maximum absolute atomic E-state index is 12.0. The number of aryl methyl sites for hydroxylation is 2. The Morgan fingerprint density at radius 3 is 2.85 bits per heavy atom. The lowest BCUT2D eigenvalue weighted by atomic mass is 10.1. The van der Waals surface area contributed by atoms with Crippen LogP contribution >= 0.6 is 0 Å². The highest BCUT2D eigenvalue weighted by Crippen LogP contribution is 2.13. The first kappa shape index (κ1) is 14.3. The third-order valence-corrected chi connectivity index (χ3v) is 3.56. The maximum Gasteiger partial charge on any atom is 0.266 e. The van der Waals surface area contributed by atoms with Gasteiger partial charge in [0.05, 0.1) is 6.42 Å². The number of carbonyl (C=O) groups is 1. The standard InChI is InChI=1S/C14H20N4O2/c1-5-8(2)15-13(19)6-11-9(3)16-12-7-14(20)17-18(12)10(11)4/h7-8H,5-6H2,1-4H3,(H,15,19)(H,17,20). The second-order valence-corrected chi connectivity index (χ2v) is 5.13. The molecule has 2 N–H and O–H groups in total. The Morgan fingerprint density at radius 1 is 1.50 bits per heavy atom. The highest BCUT2D eigenvalue weighted by Gasteiger charge is 2.14. The van der Waals surface area contributed by atoms with Gasteiger partial charge in [-0.3, -0.25) is 14.7 Å². The summed E-state index contributed by atoms with van der Waals surface area (Å²) in [5.41, 5.74) is 2.86. The van der Waals surface area contributed by atoms with E-state index in [1.54, 1.807) is 4.52 Å². The van der Waals surface area contributed by atoms with Crippen LogP contribution in [0.2, 0.25) is 0 Å². The monoisotopic (exact) mass is 276 g/mol. The third kappa shape index (κ3) is 2.74. The summed E-state index contributed by atoms with van der Waals surface area (Å²) in [7, 11) is 0. The van der Waals surface area contributed by atoms with Crippen molar-refractivity contribution < 1.29 is 4.79 Å². The summed E-state index contributed by atoms with van der Waals surface area (Å²) in [5, 5.41) is 5.62. The van der Waals surface area contributed by atoms with E-state index in [4.69, 9.17) is 0 Å². The highest BCUT2D eigenvalue weighted by molar-refractivity contribution is 5.79. The van der Waals surface area contributed by atoms with Gasteiger partial charge in [0.25, 0.3) is 5.56 Å². The van der Waals surface area contributed by atoms with Crippen LogP contribution in [0, 0.1) is 13.8 Å². The first-order valence-corrected chi connectivity index (χ1v) is 6.79. The number of aromatic amines is 1. The Bertz CT molecular complexity index is 699. The zero-order valence-electron chi connectivity index (χ0n) is 12.3. The fraction of sp³-hybridized carbons (Fsp3) is 0.500. The van der Waals surface area contributed by atoms with Gasteiger partial charge in [-0.15, -0.1) is 0 Å². The quantitative estimate of drug-likeness (QED) is 0.877. The van der Waals surface area contributed by atoms with Crippen molar-refractivity contribution in [2.75, 3.05) is 0 Å². The molecule has 2 aromatic rings. The molecule has 6 heteroatoms. The van der Waals surface area contributed by atoms with Crippen LogP contribution in [0.3, 0.4) is 0 Å². The van der Waals surface area contributed by atoms with E-state index in [2.05, 4.69) is 15.4 Å². The number of carbonyl (C=O) groups excluding carboxylic acids is 1. The molecule has 1 unspecified atom stereocenters. The molecule has 0 fully saturated rings. The molecule has 2 aromatic heterocycles. The molecular weight excluding hydrogens is 256 g/mol. The molecular formula is C14H20N4O2. The van der Waals surface area contributed by atoms with Gasteiger partial charge in [-0.05, 0) is 27.2 Å². The molecule has 0 saturated carbocycles. The van der Waals surface area contributed by atoms with Crippen molar-refractivity contribution in [2.24, 2.45) is 0 Å². The lowest BCUT2D eigenvalue weighted by molar-refractivity contribution is -0.121. The zero-order chi connectivity index (χ0) is 14.9. The van der Waals surface area contributed by atoms with Crippen LogP contribution in [0.25, 0.3) is 5.65 Å². The minimum absolute atomic E-state index is 0.0267. The average molecular weight is 276 g/mol. The number of fused-ring (bicyclic) bond motifs is 1. The highest BCUT2D eigenvalue weighted by atomic mass is 16.1. The number of aromatic nitrogens is 3. The van der Waals surface area contributed by atoms with E-state index < -0.39 is 0 Å². The summed E-state index contributed by atoms with van der Waals surface area (Å²) >= 11 is 0. The molecule has 0 aliphatic heterocycles. The molecule has 0 bridgehead atoms. The average Bonchev–Trinajstić information content (AvgIpc) is 2.75. The molecule has 0 aliphatic carbocycles. The van der Waals surface area contributed by atoms with E-state index in [0.29, 0.717) is 5.65 Å². The van der Waals surface area contributed by atoms with Crippen molar-refractivity contribution in [3.63, 3.8) is 0 Å². The van der Waals surface area contributed by atoms with Crippen molar-refractivity contribution in [1.82, 2.24) is 19.9 Å². The SMILES string of the molecule is CCC(C)NC(=O)Cc1c(C)nc2cc(=O)[nH]n2c1C. The fourth-order valence-electron chi connectivity index (χ4n) is 2.20. The van der Waals surface area contributed by atoms with E-state index in [0.717, 1.165) is 23.4 Å². The van der Waals surface area contributed by atoms with E-state index in [1.807, 2.05) is 27.7 Å². The molecule has 0 radical (unpaired) electrons. The molecule has 108 valence electrons. The van der Waals surface area contributed by atoms with Crippen LogP contribution in [-0.4, -0.2) is 26.5 Å². The van der Waals surface area contributed by atoms with Gasteiger partial charge in [0, 0.05) is 29.1 Å². The van der Waals surface area contributed by atoms with E-state index in [-0.39, 0.29) is 23.9 Å². The summed E-state index contributed by atoms with van der Waals surface area (Å²) in [6.45, 7) is 7.74. The Morgan fingerprint density at radius 2 is 2.20 bits per heavy atom. The predicted molar refractivity (Wildman–Crippen MR) is 76.9 cm³/mol. The number of nitrogens with one attached hydrogen (secondary N) is 2. The van der Waals surface area contributed by atoms with Crippen LogP contribution in [-0.2, 0) is 11.2 Å². The maximum atomic E-state index is 12.0. The lowest BCUT2D eigenvalue weighted by Gasteiger charge is -2.14. The molecule has 2 heterocycles. The second-order valence-electron chi connectivity index (χ2n) is 5.13. The summed E-state index contributed by atoms with van der Waals surface area (Å²) < 4.78 is 1.63. The van der Waals surface area contributed by atoms with Crippen LogP contribution in [0.15, 0.2) is 10.9 Å². The first-order chi connectivity index (χ1) is 9.42. The minimum atomic E-state index is -0.193. The Kier molecular flexibility index (Phi) is 3.92. The lowest BCUT2D eigenvalue weighted by Crippen LogP contribution is -2.33. The van der Waals surface area contributed by atoms with Gasteiger partial charge in [-0.1, -0.05) is 6.92 Å². The topological polar surface area (TPSA) is 79.3 Å². The Labute approximate surface area is 117 Å². The molecule has 1 atom stereocenters. The van der Waals surface area contributed by atoms with Gasteiger partial charge < -0.3 is 5.32 Å². The fourth-order valence-corrected chi connectivity index (χ4v) is 2.20. The van der Waals surface area contributed by atoms with Gasteiger partial charge in [0.1, 0.15) is 0 Å². The number of hydrogen-bond acceptors (Lipinski definition) is 3. The minimum Gasteiger partial charge on any atom is -0.353 e. The van der Waals surface area contributed by atoms with Crippen molar-refractivity contribution in [3.8, 4) is 0 Å². The molecule has 0 aliphatic rings. The zero-order valence-corrected chi connectivity index (χ0v) is 12.3. The number of hydrogen-bond donors (Lipinski definition) is 2. The van der Waals surface area contributed by atoms with Gasteiger partial charge in [0.15, 0.2) is 5.65 Å².